The highest BCUT2D eigenvalue weighted by Crippen LogP contribution is 2.30. The maximum absolute atomic E-state index is 5.44. The van der Waals surface area contributed by atoms with Crippen LogP contribution in [0, 0.1) is 0 Å². The van der Waals surface area contributed by atoms with Gasteiger partial charge in [0.25, 0.3) is 0 Å². The van der Waals surface area contributed by atoms with Crippen LogP contribution in [0.3, 0.4) is 0 Å². The maximum atomic E-state index is 5.44. The normalized spacial score (nSPS) is 21.5. The number of ether oxygens (including phenoxy) is 1. The van der Waals surface area contributed by atoms with Crippen molar-refractivity contribution >= 4 is 17.0 Å². The zero-order valence-corrected chi connectivity index (χ0v) is 16.1. The number of fused-ring (bicyclic) bond motifs is 1. The molecule has 0 aliphatic carbocycles. The minimum atomic E-state index is 0.331. The van der Waals surface area contributed by atoms with Gasteiger partial charge in [-0.15, -0.1) is 10.2 Å². The molecule has 5 rings (SSSR count). The van der Waals surface area contributed by atoms with Gasteiger partial charge < -0.3 is 19.2 Å². The topological polar surface area (TPSA) is 101 Å². The predicted molar refractivity (Wildman–Crippen MR) is 103 cm³/mol. The van der Waals surface area contributed by atoms with E-state index in [1.807, 2.05) is 0 Å². The number of rotatable bonds is 4. The molecule has 10 nitrogen and oxygen atoms in total. The van der Waals surface area contributed by atoms with Gasteiger partial charge in [0.15, 0.2) is 11.5 Å². The Labute approximate surface area is 163 Å². The summed E-state index contributed by atoms with van der Waals surface area (Å²) < 4.78 is 7.62. The molecule has 28 heavy (non-hydrogen) atoms. The summed E-state index contributed by atoms with van der Waals surface area (Å²) in [5, 5.41) is 9.06. The molecular formula is C18H25N9O. The Bertz CT molecular complexity index is 946. The van der Waals surface area contributed by atoms with Crippen LogP contribution < -0.4 is 4.90 Å². The monoisotopic (exact) mass is 383 g/mol. The first-order chi connectivity index (χ1) is 13.8. The molecule has 2 aliphatic rings. The van der Waals surface area contributed by atoms with Crippen molar-refractivity contribution < 1.29 is 4.74 Å². The highest BCUT2D eigenvalue weighted by Gasteiger charge is 2.28. The van der Waals surface area contributed by atoms with Gasteiger partial charge in [0.2, 0.25) is 0 Å². The predicted octanol–water partition coefficient (Wildman–Crippen LogP) is 0.698. The highest BCUT2D eigenvalue weighted by molar-refractivity contribution is 5.82. The largest absolute Gasteiger partial charge is 0.379 e. The number of anilines is 1. The Hall–Kier alpha value is -2.59. The molecule has 3 aromatic rings. The molecule has 1 unspecified atom stereocenters. The van der Waals surface area contributed by atoms with Crippen LogP contribution in [0.2, 0.25) is 0 Å². The molecule has 2 fully saturated rings. The van der Waals surface area contributed by atoms with Crippen molar-refractivity contribution in [3.05, 3.63) is 24.3 Å². The van der Waals surface area contributed by atoms with E-state index in [1.165, 1.54) is 0 Å². The molecule has 0 bridgehead atoms. The third kappa shape index (κ3) is 3.22. The van der Waals surface area contributed by atoms with E-state index in [9.17, 15) is 0 Å². The van der Waals surface area contributed by atoms with E-state index >= 15 is 0 Å². The lowest BCUT2D eigenvalue weighted by Gasteiger charge is -2.33. The fraction of sp³-hybridized carbons (Fsp3) is 0.611. The molecule has 148 valence electrons. The number of nitrogens with one attached hydrogen (secondary N) is 1. The minimum Gasteiger partial charge on any atom is -0.379 e. The van der Waals surface area contributed by atoms with Crippen LogP contribution >= 0.6 is 0 Å². The zero-order valence-electron chi connectivity index (χ0n) is 16.1. The Morgan fingerprint density at radius 2 is 2.04 bits per heavy atom. The summed E-state index contributed by atoms with van der Waals surface area (Å²) in [4.78, 5) is 20.9. The van der Waals surface area contributed by atoms with Crippen LogP contribution in [0.15, 0.2) is 12.7 Å². The van der Waals surface area contributed by atoms with Crippen LogP contribution in [0.1, 0.15) is 30.4 Å². The second-order valence-corrected chi connectivity index (χ2v) is 7.51. The summed E-state index contributed by atoms with van der Waals surface area (Å²) in [6, 6.07) is 0. The van der Waals surface area contributed by atoms with E-state index in [2.05, 4.69) is 51.5 Å². The van der Waals surface area contributed by atoms with Crippen LogP contribution in [0.5, 0.6) is 0 Å². The lowest BCUT2D eigenvalue weighted by Crippen LogP contribution is -2.37. The molecule has 1 atom stereocenters. The van der Waals surface area contributed by atoms with Crippen LogP contribution in [0.4, 0.5) is 5.82 Å². The smallest absolute Gasteiger partial charge is 0.182 e. The standard InChI is InChI=1S/C18H25N9O/c1-25-14(10-26-5-7-28-8-6-26)23-24-17(25)13-3-2-4-27(9-13)18-15-16(20-11-19-15)21-12-22-18/h11-13H,2-10H2,1H3,(H,19,20,21,22). The Morgan fingerprint density at radius 1 is 1.14 bits per heavy atom. The van der Waals surface area contributed by atoms with E-state index in [4.69, 9.17) is 4.74 Å². The molecule has 0 aromatic carbocycles. The van der Waals surface area contributed by atoms with Gasteiger partial charge >= 0.3 is 0 Å². The van der Waals surface area contributed by atoms with Crippen molar-refractivity contribution in [3.63, 3.8) is 0 Å². The molecule has 5 heterocycles. The molecule has 0 amide bonds. The second kappa shape index (κ2) is 7.44. The number of hydrogen-bond donors (Lipinski definition) is 1. The van der Waals surface area contributed by atoms with E-state index < -0.39 is 0 Å². The summed E-state index contributed by atoms with van der Waals surface area (Å²) in [5.41, 5.74) is 1.60. The Morgan fingerprint density at radius 3 is 2.93 bits per heavy atom. The van der Waals surface area contributed by atoms with Crippen molar-refractivity contribution in [2.75, 3.05) is 44.3 Å². The van der Waals surface area contributed by atoms with Crippen molar-refractivity contribution in [2.45, 2.75) is 25.3 Å². The van der Waals surface area contributed by atoms with E-state index in [-0.39, 0.29) is 0 Å². The lowest BCUT2D eigenvalue weighted by atomic mass is 9.97. The van der Waals surface area contributed by atoms with Crippen molar-refractivity contribution in [3.8, 4) is 0 Å². The second-order valence-electron chi connectivity index (χ2n) is 7.51. The van der Waals surface area contributed by atoms with Gasteiger partial charge in [-0.3, -0.25) is 4.90 Å². The van der Waals surface area contributed by atoms with Gasteiger partial charge in [0, 0.05) is 39.1 Å². The number of imidazole rings is 1. The SMILES string of the molecule is Cn1c(CN2CCOCC2)nnc1C1CCCN(c2ncnc3nc[nH]c23)C1. The highest BCUT2D eigenvalue weighted by atomic mass is 16.5. The number of aromatic nitrogens is 7. The summed E-state index contributed by atoms with van der Waals surface area (Å²) in [6.07, 6.45) is 5.46. The number of piperidine rings is 1. The maximum Gasteiger partial charge on any atom is 0.182 e. The Kier molecular flexibility index (Phi) is 4.65. The molecule has 3 aromatic heterocycles. The van der Waals surface area contributed by atoms with Crippen molar-refractivity contribution in [1.82, 2.24) is 39.6 Å². The van der Waals surface area contributed by atoms with Gasteiger partial charge in [0.1, 0.15) is 23.5 Å². The van der Waals surface area contributed by atoms with E-state index in [0.717, 1.165) is 81.8 Å². The van der Waals surface area contributed by atoms with Crippen molar-refractivity contribution in [1.29, 1.82) is 0 Å². The molecule has 10 heteroatoms. The number of aromatic amines is 1. The summed E-state index contributed by atoms with van der Waals surface area (Å²) >= 11 is 0. The lowest BCUT2D eigenvalue weighted by molar-refractivity contribution is 0.0326. The summed E-state index contributed by atoms with van der Waals surface area (Å²) in [5.74, 6) is 3.33. The minimum absolute atomic E-state index is 0.331. The zero-order chi connectivity index (χ0) is 18.9. The van der Waals surface area contributed by atoms with Crippen molar-refractivity contribution in [2.24, 2.45) is 7.05 Å². The van der Waals surface area contributed by atoms with Crippen LogP contribution in [-0.4, -0.2) is 79.0 Å². The first-order valence-electron chi connectivity index (χ1n) is 9.87. The molecule has 2 saturated heterocycles. The summed E-state index contributed by atoms with van der Waals surface area (Å²) in [7, 11) is 2.09. The van der Waals surface area contributed by atoms with E-state index in [0.29, 0.717) is 11.6 Å². The summed E-state index contributed by atoms with van der Waals surface area (Å²) in [6.45, 7) is 6.16. The first kappa shape index (κ1) is 17.5. The Balaban J connectivity index is 1.34. The molecule has 0 saturated carbocycles. The molecular weight excluding hydrogens is 358 g/mol. The van der Waals surface area contributed by atoms with Gasteiger partial charge in [-0.1, -0.05) is 0 Å². The van der Waals surface area contributed by atoms with Crippen LogP contribution in [0.25, 0.3) is 11.2 Å². The molecule has 0 radical (unpaired) electrons. The molecule has 0 spiro atoms. The van der Waals surface area contributed by atoms with Gasteiger partial charge in [-0.2, -0.15) is 0 Å². The third-order valence-electron chi connectivity index (χ3n) is 5.76. The average molecular weight is 383 g/mol. The number of morpholine rings is 1. The fourth-order valence-corrected chi connectivity index (χ4v) is 4.20. The first-order valence-corrected chi connectivity index (χ1v) is 9.87. The van der Waals surface area contributed by atoms with Crippen LogP contribution in [-0.2, 0) is 18.3 Å². The molecule has 2 aliphatic heterocycles. The fourth-order valence-electron chi connectivity index (χ4n) is 4.20. The van der Waals surface area contributed by atoms with Gasteiger partial charge in [-0.25, -0.2) is 15.0 Å². The number of hydrogen-bond acceptors (Lipinski definition) is 8. The average Bonchev–Trinajstić information content (AvgIpc) is 3.36. The van der Waals surface area contributed by atoms with Gasteiger partial charge in [-0.05, 0) is 12.8 Å². The molecule has 1 N–H and O–H groups in total. The number of H-pyrrole nitrogens is 1. The quantitative estimate of drug-likeness (QED) is 0.703. The number of nitrogens with zero attached hydrogens (tertiary/aromatic N) is 8. The van der Waals surface area contributed by atoms with Gasteiger partial charge in [0.05, 0.1) is 26.1 Å². The third-order valence-corrected chi connectivity index (χ3v) is 5.76. The van der Waals surface area contributed by atoms with E-state index in [1.54, 1.807) is 12.7 Å².